The largest absolute Gasteiger partial charge is 0.316 e. The van der Waals surface area contributed by atoms with Crippen molar-refractivity contribution >= 4 is 0 Å². The molecule has 1 N–H and O–H groups in total. The Morgan fingerprint density at radius 2 is 2.39 bits per heavy atom. The minimum absolute atomic E-state index is 0.836. The Kier molecular flexibility index (Phi) is 5.62. The molecule has 0 bridgehead atoms. The Morgan fingerprint density at radius 3 is 3.06 bits per heavy atom. The SMILES string of the molecule is CCN(CCc1ccccn1)CC1CCCNC1. The molecule has 0 saturated carbocycles. The molecule has 3 nitrogen and oxygen atoms in total. The molecule has 1 aliphatic rings. The number of nitrogens with zero attached hydrogens (tertiary/aromatic N) is 2. The number of aromatic nitrogens is 1. The maximum absolute atomic E-state index is 4.39. The minimum atomic E-state index is 0.836. The summed E-state index contributed by atoms with van der Waals surface area (Å²) in [7, 11) is 0. The first-order valence-corrected chi connectivity index (χ1v) is 7.21. The smallest absolute Gasteiger partial charge is 0.0416 e. The molecule has 1 atom stereocenters. The summed E-state index contributed by atoms with van der Waals surface area (Å²) in [5.41, 5.74) is 1.21. The molecule has 1 aliphatic heterocycles. The molecule has 0 radical (unpaired) electrons. The second-order valence-electron chi connectivity index (χ2n) is 5.18. The summed E-state index contributed by atoms with van der Waals surface area (Å²) < 4.78 is 0. The maximum atomic E-state index is 4.39. The lowest BCUT2D eigenvalue weighted by atomic mass is 9.99. The van der Waals surface area contributed by atoms with Crippen molar-refractivity contribution in [3.8, 4) is 0 Å². The standard InChI is InChI=1S/C15H25N3/c1-2-18(13-14-6-5-9-16-12-14)11-8-15-7-3-4-10-17-15/h3-4,7,10,14,16H,2,5-6,8-9,11-13H2,1H3. The zero-order valence-corrected chi connectivity index (χ0v) is 11.4. The molecule has 0 spiro atoms. The van der Waals surface area contributed by atoms with Gasteiger partial charge >= 0.3 is 0 Å². The van der Waals surface area contributed by atoms with Crippen molar-refractivity contribution in [3.05, 3.63) is 30.1 Å². The van der Waals surface area contributed by atoms with E-state index in [1.165, 1.54) is 38.2 Å². The van der Waals surface area contributed by atoms with Crippen LogP contribution >= 0.6 is 0 Å². The predicted octanol–water partition coefficient (Wildman–Crippen LogP) is 1.95. The van der Waals surface area contributed by atoms with Crippen molar-refractivity contribution in [1.29, 1.82) is 0 Å². The average molecular weight is 247 g/mol. The lowest BCUT2D eigenvalue weighted by Gasteiger charge is -2.29. The van der Waals surface area contributed by atoms with E-state index in [1.807, 2.05) is 12.3 Å². The van der Waals surface area contributed by atoms with E-state index >= 15 is 0 Å². The van der Waals surface area contributed by atoms with E-state index < -0.39 is 0 Å². The summed E-state index contributed by atoms with van der Waals surface area (Å²) in [5.74, 6) is 0.836. The average Bonchev–Trinajstić information content (AvgIpc) is 2.45. The zero-order chi connectivity index (χ0) is 12.6. The van der Waals surface area contributed by atoms with E-state index in [0.29, 0.717) is 0 Å². The fourth-order valence-corrected chi connectivity index (χ4v) is 2.64. The third-order valence-electron chi connectivity index (χ3n) is 3.77. The van der Waals surface area contributed by atoms with E-state index in [4.69, 9.17) is 0 Å². The van der Waals surface area contributed by atoms with Crippen LogP contribution in [-0.4, -0.2) is 42.6 Å². The second-order valence-corrected chi connectivity index (χ2v) is 5.18. The molecule has 2 rings (SSSR count). The highest BCUT2D eigenvalue weighted by molar-refractivity contribution is 5.03. The van der Waals surface area contributed by atoms with Gasteiger partial charge in [0.05, 0.1) is 0 Å². The van der Waals surface area contributed by atoms with Gasteiger partial charge in [0.1, 0.15) is 0 Å². The third-order valence-corrected chi connectivity index (χ3v) is 3.77. The molecule has 1 saturated heterocycles. The summed E-state index contributed by atoms with van der Waals surface area (Å²) >= 11 is 0. The first kappa shape index (κ1) is 13.5. The molecule has 18 heavy (non-hydrogen) atoms. The molecular weight excluding hydrogens is 222 g/mol. The Hall–Kier alpha value is -0.930. The minimum Gasteiger partial charge on any atom is -0.316 e. The molecule has 0 aromatic carbocycles. The van der Waals surface area contributed by atoms with Gasteiger partial charge in [0.25, 0.3) is 0 Å². The number of hydrogen-bond donors (Lipinski definition) is 1. The Morgan fingerprint density at radius 1 is 1.44 bits per heavy atom. The van der Waals surface area contributed by atoms with E-state index in [0.717, 1.165) is 25.4 Å². The Balaban J connectivity index is 1.74. The summed E-state index contributed by atoms with van der Waals surface area (Å²) in [5, 5.41) is 3.50. The van der Waals surface area contributed by atoms with Gasteiger partial charge in [-0.3, -0.25) is 4.98 Å². The molecule has 1 aromatic heterocycles. The Labute approximate surface area is 111 Å². The fraction of sp³-hybridized carbons (Fsp3) is 0.667. The lowest BCUT2D eigenvalue weighted by molar-refractivity contribution is 0.218. The normalized spacial score (nSPS) is 20.2. The molecule has 100 valence electrons. The highest BCUT2D eigenvalue weighted by Gasteiger charge is 2.15. The van der Waals surface area contributed by atoms with Crippen LogP contribution in [0.2, 0.25) is 0 Å². The van der Waals surface area contributed by atoms with Crippen LogP contribution in [0.1, 0.15) is 25.5 Å². The van der Waals surface area contributed by atoms with Gasteiger partial charge in [-0.1, -0.05) is 13.0 Å². The van der Waals surface area contributed by atoms with Gasteiger partial charge in [-0.05, 0) is 50.5 Å². The predicted molar refractivity (Wildman–Crippen MR) is 75.6 cm³/mol. The van der Waals surface area contributed by atoms with Crippen molar-refractivity contribution < 1.29 is 0 Å². The molecule has 3 heteroatoms. The first-order chi connectivity index (χ1) is 8.88. The number of likely N-dealkylation sites (N-methyl/N-ethyl adjacent to an activating group) is 1. The van der Waals surface area contributed by atoms with Crippen molar-refractivity contribution in [1.82, 2.24) is 15.2 Å². The van der Waals surface area contributed by atoms with Crippen molar-refractivity contribution in [3.63, 3.8) is 0 Å². The molecular formula is C15H25N3. The van der Waals surface area contributed by atoms with Gasteiger partial charge in [0, 0.05) is 31.4 Å². The highest BCUT2D eigenvalue weighted by Crippen LogP contribution is 2.12. The van der Waals surface area contributed by atoms with Crippen molar-refractivity contribution in [2.45, 2.75) is 26.2 Å². The maximum Gasteiger partial charge on any atom is 0.0416 e. The lowest BCUT2D eigenvalue weighted by Crippen LogP contribution is -2.39. The Bertz CT molecular complexity index is 320. The molecule has 0 aliphatic carbocycles. The molecule has 1 aromatic rings. The third kappa shape index (κ3) is 4.39. The zero-order valence-electron chi connectivity index (χ0n) is 11.4. The van der Waals surface area contributed by atoms with Crippen LogP contribution in [0.15, 0.2) is 24.4 Å². The van der Waals surface area contributed by atoms with Gasteiger partial charge in [0.2, 0.25) is 0 Å². The summed E-state index contributed by atoms with van der Waals surface area (Å²) in [6.45, 7) is 8.16. The highest BCUT2D eigenvalue weighted by atomic mass is 15.1. The van der Waals surface area contributed by atoms with Crippen LogP contribution in [0, 0.1) is 5.92 Å². The van der Waals surface area contributed by atoms with Gasteiger partial charge in [-0.2, -0.15) is 0 Å². The van der Waals surface area contributed by atoms with Crippen molar-refractivity contribution in [2.24, 2.45) is 5.92 Å². The number of nitrogens with one attached hydrogen (secondary N) is 1. The number of piperidine rings is 1. The van der Waals surface area contributed by atoms with Crippen molar-refractivity contribution in [2.75, 3.05) is 32.7 Å². The van der Waals surface area contributed by atoms with Gasteiger partial charge in [0.15, 0.2) is 0 Å². The summed E-state index contributed by atoms with van der Waals surface area (Å²) in [6.07, 6.45) is 5.67. The van der Waals surface area contributed by atoms with E-state index in [9.17, 15) is 0 Å². The van der Waals surface area contributed by atoms with Crippen LogP contribution in [-0.2, 0) is 6.42 Å². The van der Waals surface area contributed by atoms with Crippen LogP contribution in [0.25, 0.3) is 0 Å². The van der Waals surface area contributed by atoms with E-state index in [-0.39, 0.29) is 0 Å². The molecule has 0 amide bonds. The second kappa shape index (κ2) is 7.49. The van der Waals surface area contributed by atoms with Crippen LogP contribution < -0.4 is 5.32 Å². The monoisotopic (exact) mass is 247 g/mol. The molecule has 2 heterocycles. The first-order valence-electron chi connectivity index (χ1n) is 7.21. The van der Waals surface area contributed by atoms with Crippen LogP contribution in [0.4, 0.5) is 0 Å². The van der Waals surface area contributed by atoms with Crippen LogP contribution in [0.3, 0.4) is 0 Å². The summed E-state index contributed by atoms with van der Waals surface area (Å²) in [4.78, 5) is 6.95. The van der Waals surface area contributed by atoms with Crippen LogP contribution in [0.5, 0.6) is 0 Å². The topological polar surface area (TPSA) is 28.2 Å². The van der Waals surface area contributed by atoms with Gasteiger partial charge < -0.3 is 10.2 Å². The summed E-state index contributed by atoms with van der Waals surface area (Å²) in [6, 6.07) is 6.18. The van der Waals surface area contributed by atoms with E-state index in [1.54, 1.807) is 0 Å². The number of pyridine rings is 1. The number of hydrogen-bond acceptors (Lipinski definition) is 3. The van der Waals surface area contributed by atoms with E-state index in [2.05, 4.69) is 34.3 Å². The molecule has 1 unspecified atom stereocenters. The van der Waals surface area contributed by atoms with Gasteiger partial charge in [-0.25, -0.2) is 0 Å². The number of rotatable bonds is 6. The fourth-order valence-electron chi connectivity index (χ4n) is 2.64. The quantitative estimate of drug-likeness (QED) is 0.833. The van der Waals surface area contributed by atoms with Gasteiger partial charge in [-0.15, -0.1) is 0 Å². The molecule has 1 fully saturated rings.